The number of nitrogens with two attached hydrogens (primary N) is 1. The number of rotatable bonds is 5. The molecule has 27 heavy (non-hydrogen) atoms. The first-order valence-electron chi connectivity index (χ1n) is 8.99. The third-order valence-corrected chi connectivity index (χ3v) is 5.63. The molecule has 1 aromatic heterocycles. The molecule has 1 fully saturated rings. The summed E-state index contributed by atoms with van der Waals surface area (Å²) in [5, 5.41) is 4.59. The van der Waals surface area contributed by atoms with Crippen LogP contribution in [0, 0.1) is 5.92 Å². The van der Waals surface area contributed by atoms with Crippen LogP contribution in [0.25, 0.3) is 16.2 Å². The van der Waals surface area contributed by atoms with E-state index in [1.807, 2.05) is 30.9 Å². The summed E-state index contributed by atoms with van der Waals surface area (Å²) in [4.78, 5) is 25.9. The summed E-state index contributed by atoms with van der Waals surface area (Å²) in [5.74, 6) is 0.226. The summed E-state index contributed by atoms with van der Waals surface area (Å²) in [6, 6.07) is 6.10. The molecule has 2 aliphatic rings. The maximum absolute atomic E-state index is 12.9. The molecule has 0 saturated heterocycles. The van der Waals surface area contributed by atoms with Gasteiger partial charge in [-0.2, -0.15) is 5.10 Å². The van der Waals surface area contributed by atoms with E-state index < -0.39 is 11.3 Å². The first kappa shape index (κ1) is 17.9. The average molecular weight is 382 g/mol. The molecule has 1 saturated carbocycles. The molecule has 0 atom stereocenters. The molecule has 0 bridgehead atoms. The van der Waals surface area contributed by atoms with Crippen molar-refractivity contribution in [2.24, 2.45) is 11.7 Å². The Balaban J connectivity index is 1.69. The summed E-state index contributed by atoms with van der Waals surface area (Å²) in [6.45, 7) is 4.78. The fraction of sp³-hybridized carbons (Fsp3) is 0.350. The first-order chi connectivity index (χ1) is 12.8. The highest BCUT2D eigenvalue weighted by Crippen LogP contribution is 2.45. The first-order valence-corrected chi connectivity index (χ1v) is 9.44. The molecule has 1 aromatic carbocycles. The molecular formula is C20H22N4O2S. The van der Waals surface area contributed by atoms with Gasteiger partial charge in [0.05, 0.1) is 16.6 Å². The monoisotopic (exact) mass is 382 g/mol. The zero-order valence-electron chi connectivity index (χ0n) is 15.3. The van der Waals surface area contributed by atoms with Gasteiger partial charge in [0.15, 0.2) is 0 Å². The molecule has 0 radical (unpaired) electrons. The number of benzene rings is 1. The molecule has 0 spiro atoms. The van der Waals surface area contributed by atoms with E-state index in [1.165, 1.54) is 23.6 Å². The lowest BCUT2D eigenvalue weighted by Crippen LogP contribution is -2.37. The van der Waals surface area contributed by atoms with Crippen LogP contribution in [-0.4, -0.2) is 28.1 Å². The predicted octanol–water partition coefficient (Wildman–Crippen LogP) is 2.80. The van der Waals surface area contributed by atoms with Gasteiger partial charge in [-0.05, 0) is 55.9 Å². The zero-order valence-corrected chi connectivity index (χ0v) is 16.2. The van der Waals surface area contributed by atoms with Crippen molar-refractivity contribution < 1.29 is 9.59 Å². The highest BCUT2D eigenvalue weighted by Gasteiger charge is 2.45. The van der Waals surface area contributed by atoms with E-state index in [9.17, 15) is 9.59 Å². The van der Waals surface area contributed by atoms with E-state index >= 15 is 0 Å². The Hall–Kier alpha value is -2.54. The van der Waals surface area contributed by atoms with Crippen molar-refractivity contribution >= 4 is 35.2 Å². The summed E-state index contributed by atoms with van der Waals surface area (Å²) in [5.41, 5.74) is 8.52. The van der Waals surface area contributed by atoms with Gasteiger partial charge in [-0.25, -0.2) is 4.68 Å². The minimum atomic E-state index is -0.578. The summed E-state index contributed by atoms with van der Waals surface area (Å²) < 4.78 is 1.49. The number of amides is 2. The highest BCUT2D eigenvalue weighted by molar-refractivity contribution is 7.90. The topological polar surface area (TPSA) is 81.2 Å². The second kappa shape index (κ2) is 6.27. The quantitative estimate of drug-likeness (QED) is 0.616. The molecule has 0 unspecified atom stereocenters. The Morgan fingerprint density at radius 3 is 2.78 bits per heavy atom. The van der Waals surface area contributed by atoms with Crippen LogP contribution in [0.15, 0.2) is 36.7 Å². The number of carbonyl (C=O) groups is 2. The third kappa shape index (κ3) is 3.16. The minimum absolute atomic E-state index is 0.166. The Bertz CT molecular complexity index is 972. The van der Waals surface area contributed by atoms with Gasteiger partial charge in [-0.1, -0.05) is 6.07 Å². The van der Waals surface area contributed by atoms with E-state index in [2.05, 4.69) is 23.8 Å². The number of nitrogens with zero attached hydrogens (tertiary/aromatic N) is 3. The number of hydrogen-bond acceptors (Lipinski definition) is 4. The van der Waals surface area contributed by atoms with E-state index in [1.54, 1.807) is 12.4 Å². The van der Waals surface area contributed by atoms with Crippen LogP contribution in [0.4, 0.5) is 5.69 Å². The number of primary amides is 1. The van der Waals surface area contributed by atoms with Crippen molar-refractivity contribution in [2.45, 2.75) is 32.1 Å². The van der Waals surface area contributed by atoms with Crippen molar-refractivity contribution in [1.82, 2.24) is 9.78 Å². The Morgan fingerprint density at radius 2 is 2.11 bits per heavy atom. The van der Waals surface area contributed by atoms with Crippen LogP contribution >= 0.6 is 12.6 Å². The van der Waals surface area contributed by atoms with Gasteiger partial charge in [0.1, 0.15) is 0 Å². The maximum Gasteiger partial charge on any atom is 0.244 e. The third-order valence-electron chi connectivity index (χ3n) is 5.30. The van der Waals surface area contributed by atoms with Gasteiger partial charge in [0, 0.05) is 30.1 Å². The van der Waals surface area contributed by atoms with Crippen molar-refractivity contribution in [3.63, 3.8) is 0 Å². The van der Waals surface area contributed by atoms with Gasteiger partial charge >= 0.3 is 0 Å². The van der Waals surface area contributed by atoms with Crippen LogP contribution in [0.3, 0.4) is 0 Å². The van der Waals surface area contributed by atoms with E-state index in [-0.39, 0.29) is 5.91 Å². The Labute approximate surface area is 163 Å². The smallest absolute Gasteiger partial charge is 0.244 e. The molecule has 140 valence electrons. The number of aromatic nitrogens is 2. The number of anilines is 1. The van der Waals surface area contributed by atoms with E-state index in [0.717, 1.165) is 28.9 Å². The molecule has 6 nitrogen and oxygen atoms in total. The molecular weight excluding hydrogens is 360 g/mol. The van der Waals surface area contributed by atoms with Crippen LogP contribution in [0.2, 0.25) is 0 Å². The van der Waals surface area contributed by atoms with Crippen molar-refractivity contribution in [3.8, 4) is 11.1 Å². The fourth-order valence-electron chi connectivity index (χ4n) is 3.54. The van der Waals surface area contributed by atoms with Crippen molar-refractivity contribution in [3.05, 3.63) is 42.2 Å². The average Bonchev–Trinajstić information content (AvgIpc) is 3.25. The second-order valence-electron chi connectivity index (χ2n) is 7.79. The predicted molar refractivity (Wildman–Crippen MR) is 108 cm³/mol. The van der Waals surface area contributed by atoms with Crippen LogP contribution in [-0.2, 0) is 15.0 Å². The van der Waals surface area contributed by atoms with E-state index in [4.69, 9.17) is 5.73 Å². The second-order valence-corrected chi connectivity index (χ2v) is 8.25. The molecule has 2 N–H and O–H groups in total. The molecule has 2 amide bonds. The lowest BCUT2D eigenvalue weighted by atomic mass is 9.85. The standard InChI is InChI=1S/C20H22N4O2S/c1-20(2)15-7-13(14-9-22-24(11-14)18(27)8-17(21)25)5-6-16(15)23(19(20)26)10-12-3-4-12/h5-9,11-12,27H,3-4,10H2,1-2H3,(H2,21,25)/b18-8-. The Kier molecular flexibility index (Phi) is 4.14. The summed E-state index contributed by atoms with van der Waals surface area (Å²) in [7, 11) is 0. The SMILES string of the molecule is CC1(C)C(=O)N(CC2CC2)c2ccc(-c3cnn(/C(S)=C/C(N)=O)c3)cc21. The number of thiol groups is 1. The van der Waals surface area contributed by atoms with Gasteiger partial charge in [0.2, 0.25) is 11.8 Å². The molecule has 2 aromatic rings. The Morgan fingerprint density at radius 1 is 1.37 bits per heavy atom. The molecule has 1 aliphatic heterocycles. The zero-order chi connectivity index (χ0) is 19.3. The lowest BCUT2D eigenvalue weighted by Gasteiger charge is -2.20. The number of carbonyl (C=O) groups excluding carboxylic acids is 2. The van der Waals surface area contributed by atoms with Gasteiger partial charge in [0.25, 0.3) is 0 Å². The fourth-order valence-corrected chi connectivity index (χ4v) is 3.78. The molecule has 7 heteroatoms. The van der Waals surface area contributed by atoms with Gasteiger partial charge in [-0.15, -0.1) is 12.6 Å². The number of hydrogen-bond donors (Lipinski definition) is 2. The molecule has 4 rings (SSSR count). The summed E-state index contributed by atoms with van der Waals surface area (Å²) >= 11 is 4.25. The largest absolute Gasteiger partial charge is 0.366 e. The minimum Gasteiger partial charge on any atom is -0.366 e. The number of fused-ring (bicyclic) bond motifs is 1. The van der Waals surface area contributed by atoms with Crippen LogP contribution < -0.4 is 10.6 Å². The van der Waals surface area contributed by atoms with Crippen molar-refractivity contribution in [2.75, 3.05) is 11.4 Å². The van der Waals surface area contributed by atoms with Crippen LogP contribution in [0.5, 0.6) is 0 Å². The van der Waals surface area contributed by atoms with E-state index in [0.29, 0.717) is 10.9 Å². The van der Waals surface area contributed by atoms with Gasteiger partial charge < -0.3 is 10.6 Å². The van der Waals surface area contributed by atoms with Crippen molar-refractivity contribution in [1.29, 1.82) is 0 Å². The van der Waals surface area contributed by atoms with Gasteiger partial charge in [-0.3, -0.25) is 9.59 Å². The summed E-state index contributed by atoms with van der Waals surface area (Å²) in [6.07, 6.45) is 7.12. The van der Waals surface area contributed by atoms with Crippen LogP contribution in [0.1, 0.15) is 32.3 Å². The molecule has 2 heterocycles. The maximum atomic E-state index is 12.9. The highest BCUT2D eigenvalue weighted by atomic mass is 32.1. The molecule has 1 aliphatic carbocycles. The lowest BCUT2D eigenvalue weighted by molar-refractivity contribution is -0.122. The normalized spacial score (nSPS) is 18.7.